The molecule has 0 saturated heterocycles. The highest BCUT2D eigenvalue weighted by Gasteiger charge is 2.18. The van der Waals surface area contributed by atoms with Crippen molar-refractivity contribution in [2.75, 3.05) is 33.6 Å². The summed E-state index contributed by atoms with van der Waals surface area (Å²) in [7, 11) is 3.40. The molecule has 0 atom stereocenters. The van der Waals surface area contributed by atoms with E-state index in [9.17, 15) is 4.79 Å². The van der Waals surface area contributed by atoms with Gasteiger partial charge in [-0.1, -0.05) is 11.8 Å². The van der Waals surface area contributed by atoms with Crippen LogP contribution < -0.4 is 9.47 Å². The zero-order valence-electron chi connectivity index (χ0n) is 17.3. The Morgan fingerprint density at radius 2 is 1.86 bits per heavy atom. The third-order valence-electron chi connectivity index (χ3n) is 4.72. The van der Waals surface area contributed by atoms with Crippen LogP contribution in [0.1, 0.15) is 17.0 Å². The predicted molar refractivity (Wildman–Crippen MR) is 112 cm³/mol. The molecule has 0 spiro atoms. The smallest absolute Gasteiger partial charge is 0.253 e. The number of fused-ring (bicyclic) bond motifs is 1. The largest absolute Gasteiger partial charge is 0.497 e. The highest BCUT2D eigenvalue weighted by molar-refractivity contribution is 7.98. The Balaban J connectivity index is 1.61. The summed E-state index contributed by atoms with van der Waals surface area (Å²) in [5, 5.41) is 5.10. The van der Waals surface area contributed by atoms with Crippen LogP contribution in [0.4, 0.5) is 0 Å². The van der Waals surface area contributed by atoms with Crippen molar-refractivity contribution < 1.29 is 14.3 Å². The first kappa shape index (κ1) is 20.9. The zero-order chi connectivity index (χ0) is 21.0. The summed E-state index contributed by atoms with van der Waals surface area (Å²) >= 11 is 1.46. The molecule has 1 aromatic carbocycles. The second-order valence-electron chi connectivity index (χ2n) is 6.59. The Kier molecular flexibility index (Phi) is 6.58. The first-order valence-corrected chi connectivity index (χ1v) is 10.4. The molecule has 0 saturated carbocycles. The van der Waals surface area contributed by atoms with Gasteiger partial charge in [-0.3, -0.25) is 4.79 Å². The molecular formula is C20H25N5O3S. The van der Waals surface area contributed by atoms with Gasteiger partial charge in [0.2, 0.25) is 11.1 Å². The summed E-state index contributed by atoms with van der Waals surface area (Å²) in [5.74, 6) is 2.07. The molecule has 2 aromatic heterocycles. The Morgan fingerprint density at radius 1 is 1.17 bits per heavy atom. The number of hydrogen-bond donors (Lipinski definition) is 0. The highest BCUT2D eigenvalue weighted by Crippen LogP contribution is 2.18. The maximum Gasteiger partial charge on any atom is 0.253 e. The second kappa shape index (κ2) is 9.13. The number of nitrogens with zero attached hydrogens (tertiary/aromatic N) is 5. The number of aromatic nitrogens is 4. The molecule has 0 unspecified atom stereocenters. The van der Waals surface area contributed by atoms with Crippen LogP contribution in [0, 0.1) is 13.8 Å². The fraction of sp³-hybridized carbons (Fsp3) is 0.400. The van der Waals surface area contributed by atoms with Crippen LogP contribution in [0.2, 0.25) is 0 Å². The maximum absolute atomic E-state index is 12.7. The molecule has 3 rings (SSSR count). The van der Waals surface area contributed by atoms with E-state index in [0.717, 1.165) is 28.5 Å². The molecule has 8 nitrogen and oxygen atoms in total. The van der Waals surface area contributed by atoms with Gasteiger partial charge in [-0.25, -0.2) is 9.50 Å². The molecule has 154 valence electrons. The fourth-order valence-corrected chi connectivity index (χ4v) is 3.25. The van der Waals surface area contributed by atoms with E-state index in [2.05, 4.69) is 15.1 Å². The minimum absolute atomic E-state index is 0.000821. The Hall–Kier alpha value is -2.81. The van der Waals surface area contributed by atoms with Gasteiger partial charge in [-0.05, 0) is 44.4 Å². The van der Waals surface area contributed by atoms with Crippen LogP contribution in [0.3, 0.4) is 0 Å². The van der Waals surface area contributed by atoms with Crippen LogP contribution in [0.25, 0.3) is 5.78 Å². The predicted octanol–water partition coefficient (Wildman–Crippen LogP) is 2.55. The number of likely N-dealkylation sites (N-methyl/N-ethyl adjacent to an activating group) is 1. The number of amides is 1. The van der Waals surface area contributed by atoms with Crippen molar-refractivity contribution in [2.45, 2.75) is 25.4 Å². The van der Waals surface area contributed by atoms with E-state index in [1.807, 2.05) is 44.4 Å². The van der Waals surface area contributed by atoms with E-state index in [1.165, 1.54) is 11.8 Å². The lowest BCUT2D eigenvalue weighted by atomic mass is 10.1. The molecule has 9 heteroatoms. The average molecular weight is 416 g/mol. The number of methoxy groups -OCH3 is 1. The van der Waals surface area contributed by atoms with Gasteiger partial charge in [-0.2, -0.15) is 4.98 Å². The molecule has 0 aliphatic carbocycles. The molecule has 0 aliphatic rings. The highest BCUT2D eigenvalue weighted by atomic mass is 32.2. The minimum Gasteiger partial charge on any atom is -0.497 e. The van der Waals surface area contributed by atoms with E-state index in [4.69, 9.17) is 9.47 Å². The molecule has 0 radical (unpaired) electrons. The van der Waals surface area contributed by atoms with Gasteiger partial charge in [0.25, 0.3) is 5.78 Å². The van der Waals surface area contributed by atoms with Gasteiger partial charge in [0, 0.05) is 24.0 Å². The summed E-state index contributed by atoms with van der Waals surface area (Å²) < 4.78 is 12.5. The quantitative estimate of drug-likeness (QED) is 0.523. The van der Waals surface area contributed by atoms with Gasteiger partial charge in [0.1, 0.15) is 18.1 Å². The van der Waals surface area contributed by atoms with Crippen molar-refractivity contribution in [1.29, 1.82) is 0 Å². The minimum atomic E-state index is 0.000821. The summed E-state index contributed by atoms with van der Waals surface area (Å²) in [4.78, 5) is 23.3. The summed E-state index contributed by atoms with van der Waals surface area (Å²) in [6.07, 6.45) is 2.18. The Morgan fingerprint density at radius 3 is 2.52 bits per heavy atom. The van der Waals surface area contributed by atoms with Crippen LogP contribution in [0.5, 0.6) is 11.5 Å². The maximum atomic E-state index is 12.7. The van der Waals surface area contributed by atoms with E-state index < -0.39 is 0 Å². The van der Waals surface area contributed by atoms with Gasteiger partial charge in [0.05, 0.1) is 20.1 Å². The lowest BCUT2D eigenvalue weighted by Crippen LogP contribution is -2.32. The van der Waals surface area contributed by atoms with Crippen molar-refractivity contribution in [2.24, 2.45) is 0 Å². The van der Waals surface area contributed by atoms with Gasteiger partial charge in [0.15, 0.2) is 0 Å². The lowest BCUT2D eigenvalue weighted by Gasteiger charge is -2.19. The van der Waals surface area contributed by atoms with Crippen molar-refractivity contribution >= 4 is 23.4 Å². The number of hydrogen-bond acceptors (Lipinski definition) is 7. The van der Waals surface area contributed by atoms with E-state index >= 15 is 0 Å². The van der Waals surface area contributed by atoms with Gasteiger partial charge in [-0.15, -0.1) is 5.10 Å². The molecule has 29 heavy (non-hydrogen) atoms. The number of carbonyl (C=O) groups is 1. The monoisotopic (exact) mass is 415 g/mol. The Bertz CT molecular complexity index is 1000. The SMILES string of the molecule is COc1ccc(OCCN(C)C(=O)Cc2c(C)nc3nc(SC)nn3c2C)cc1. The fourth-order valence-electron chi connectivity index (χ4n) is 2.92. The summed E-state index contributed by atoms with van der Waals surface area (Å²) in [6.45, 7) is 4.73. The zero-order valence-corrected chi connectivity index (χ0v) is 18.1. The summed E-state index contributed by atoms with van der Waals surface area (Å²) in [5.41, 5.74) is 2.56. The van der Waals surface area contributed by atoms with E-state index in [0.29, 0.717) is 24.1 Å². The topological polar surface area (TPSA) is 81.9 Å². The molecule has 0 N–H and O–H groups in total. The molecule has 2 heterocycles. The molecule has 0 aliphatic heterocycles. The lowest BCUT2D eigenvalue weighted by molar-refractivity contribution is -0.129. The van der Waals surface area contributed by atoms with Crippen molar-refractivity contribution in [3.8, 4) is 11.5 Å². The second-order valence-corrected chi connectivity index (χ2v) is 7.36. The molecule has 0 fully saturated rings. The molecule has 1 amide bonds. The van der Waals surface area contributed by atoms with Gasteiger partial charge >= 0.3 is 0 Å². The molecular weight excluding hydrogens is 390 g/mol. The van der Waals surface area contributed by atoms with Crippen molar-refractivity contribution in [3.63, 3.8) is 0 Å². The first-order chi connectivity index (χ1) is 13.9. The Labute approximate surface area is 174 Å². The number of thioether (sulfide) groups is 1. The van der Waals surface area contributed by atoms with E-state index in [-0.39, 0.29) is 12.3 Å². The van der Waals surface area contributed by atoms with Crippen LogP contribution in [-0.2, 0) is 11.2 Å². The van der Waals surface area contributed by atoms with Crippen molar-refractivity contribution in [3.05, 3.63) is 41.2 Å². The number of aryl methyl sites for hydroxylation is 2. The van der Waals surface area contributed by atoms with Gasteiger partial charge < -0.3 is 14.4 Å². The van der Waals surface area contributed by atoms with Crippen LogP contribution >= 0.6 is 11.8 Å². The van der Waals surface area contributed by atoms with Crippen LogP contribution in [0.15, 0.2) is 29.4 Å². The standard InChI is InChI=1S/C20H25N5O3S/c1-13-17(14(2)25-19(21-13)22-20(23-25)29-5)12-18(26)24(3)10-11-28-16-8-6-15(27-4)7-9-16/h6-9H,10-12H2,1-5H3. The third kappa shape index (κ3) is 4.79. The first-order valence-electron chi connectivity index (χ1n) is 9.20. The number of rotatable bonds is 8. The number of benzene rings is 1. The third-order valence-corrected chi connectivity index (χ3v) is 5.26. The normalized spacial score (nSPS) is 10.9. The van der Waals surface area contributed by atoms with E-state index in [1.54, 1.807) is 23.6 Å². The molecule has 3 aromatic rings. The number of carbonyl (C=O) groups excluding carboxylic acids is 1. The van der Waals surface area contributed by atoms with Crippen molar-refractivity contribution in [1.82, 2.24) is 24.5 Å². The number of ether oxygens (including phenoxy) is 2. The summed E-state index contributed by atoms with van der Waals surface area (Å²) in [6, 6.07) is 7.36. The molecule has 0 bridgehead atoms. The van der Waals surface area contributed by atoms with Crippen LogP contribution in [-0.4, -0.2) is 64.0 Å². The average Bonchev–Trinajstić information content (AvgIpc) is 3.14.